The number of nitrogens with one attached hydrogen (secondary N) is 1. The summed E-state index contributed by atoms with van der Waals surface area (Å²) in [5.41, 5.74) is 1.90. The molecule has 0 atom stereocenters. The summed E-state index contributed by atoms with van der Waals surface area (Å²) >= 11 is 5.97. The molecule has 0 unspecified atom stereocenters. The predicted molar refractivity (Wildman–Crippen MR) is 87.7 cm³/mol. The molecule has 0 aliphatic heterocycles. The Labute approximate surface area is 132 Å². The van der Waals surface area contributed by atoms with E-state index in [1.54, 1.807) is 24.4 Å². The molecule has 0 aliphatic carbocycles. The number of halogens is 1. The van der Waals surface area contributed by atoms with Crippen molar-refractivity contribution in [1.82, 2.24) is 4.98 Å². The quantitative estimate of drug-likeness (QED) is 0.790. The number of benzene rings is 2. The third-order valence-corrected chi connectivity index (χ3v) is 3.54. The molecule has 0 aliphatic rings. The number of hydrogen-bond acceptors (Lipinski definition) is 3. The van der Waals surface area contributed by atoms with Gasteiger partial charge in [0, 0.05) is 16.6 Å². The number of fused-ring (bicyclic) bond motifs is 1. The first-order valence-corrected chi connectivity index (χ1v) is 7.05. The van der Waals surface area contributed by atoms with Crippen molar-refractivity contribution in [3.05, 3.63) is 65.3 Å². The Hall–Kier alpha value is -2.59. The van der Waals surface area contributed by atoms with E-state index in [1.165, 1.54) is 7.11 Å². The maximum absolute atomic E-state index is 12.5. The van der Waals surface area contributed by atoms with E-state index in [4.69, 9.17) is 16.3 Å². The molecule has 5 heteroatoms. The number of aromatic nitrogens is 1. The largest absolute Gasteiger partial charge is 0.496 e. The van der Waals surface area contributed by atoms with E-state index < -0.39 is 0 Å². The maximum atomic E-state index is 12.5. The summed E-state index contributed by atoms with van der Waals surface area (Å²) in [7, 11) is 1.52. The molecule has 0 saturated heterocycles. The number of anilines is 1. The number of ether oxygens (including phenoxy) is 1. The lowest BCUT2D eigenvalue weighted by atomic mass is 10.1. The number of rotatable bonds is 3. The summed E-state index contributed by atoms with van der Waals surface area (Å²) in [6.45, 7) is 0. The van der Waals surface area contributed by atoms with Gasteiger partial charge in [-0.25, -0.2) is 0 Å². The van der Waals surface area contributed by atoms with Gasteiger partial charge in [-0.3, -0.25) is 9.78 Å². The van der Waals surface area contributed by atoms with Gasteiger partial charge in [-0.1, -0.05) is 17.7 Å². The van der Waals surface area contributed by atoms with Crippen LogP contribution in [-0.4, -0.2) is 18.0 Å². The highest BCUT2D eigenvalue weighted by Gasteiger charge is 2.14. The highest BCUT2D eigenvalue weighted by atomic mass is 35.5. The Bertz CT molecular complexity index is 844. The number of nitrogens with zero attached hydrogens (tertiary/aromatic N) is 1. The van der Waals surface area contributed by atoms with E-state index in [-0.39, 0.29) is 5.91 Å². The van der Waals surface area contributed by atoms with E-state index in [2.05, 4.69) is 10.3 Å². The van der Waals surface area contributed by atoms with Crippen LogP contribution in [0.3, 0.4) is 0 Å². The average Bonchev–Trinajstić information content (AvgIpc) is 2.55. The van der Waals surface area contributed by atoms with E-state index in [1.807, 2.05) is 30.3 Å². The first-order valence-electron chi connectivity index (χ1n) is 6.67. The normalized spacial score (nSPS) is 10.5. The fourth-order valence-electron chi connectivity index (χ4n) is 2.26. The molecular weight excluding hydrogens is 300 g/mol. The standard InChI is InChI=1S/C17H13ClN2O2/c1-22-16-8-7-11(18)10-13(16)17(21)20-15-6-2-5-14-12(15)4-3-9-19-14/h2-10H,1H3,(H,20,21). The Morgan fingerprint density at radius 2 is 2.05 bits per heavy atom. The molecule has 1 N–H and O–H groups in total. The number of amides is 1. The minimum Gasteiger partial charge on any atom is -0.496 e. The molecule has 0 fully saturated rings. The minimum atomic E-state index is -0.282. The topological polar surface area (TPSA) is 51.2 Å². The second-order valence-corrected chi connectivity index (χ2v) is 5.11. The van der Waals surface area contributed by atoms with Crippen LogP contribution < -0.4 is 10.1 Å². The third-order valence-electron chi connectivity index (χ3n) is 3.30. The van der Waals surface area contributed by atoms with Gasteiger partial charge < -0.3 is 10.1 Å². The van der Waals surface area contributed by atoms with Gasteiger partial charge in [0.25, 0.3) is 5.91 Å². The monoisotopic (exact) mass is 312 g/mol. The lowest BCUT2D eigenvalue weighted by Gasteiger charge is -2.11. The second kappa shape index (κ2) is 6.03. The number of methoxy groups -OCH3 is 1. The lowest BCUT2D eigenvalue weighted by Crippen LogP contribution is -2.13. The summed E-state index contributed by atoms with van der Waals surface area (Å²) in [5.74, 6) is 0.191. The lowest BCUT2D eigenvalue weighted by molar-refractivity contribution is 0.102. The van der Waals surface area contributed by atoms with Gasteiger partial charge in [0.05, 0.1) is 23.9 Å². The van der Waals surface area contributed by atoms with E-state index in [0.717, 1.165) is 10.9 Å². The van der Waals surface area contributed by atoms with Crippen molar-refractivity contribution in [2.75, 3.05) is 12.4 Å². The van der Waals surface area contributed by atoms with Crippen LogP contribution in [0.2, 0.25) is 5.02 Å². The van der Waals surface area contributed by atoms with Crippen molar-refractivity contribution >= 4 is 34.1 Å². The number of carbonyl (C=O) groups excluding carboxylic acids is 1. The molecule has 1 amide bonds. The zero-order chi connectivity index (χ0) is 15.5. The van der Waals surface area contributed by atoms with Crippen LogP contribution in [0, 0.1) is 0 Å². The summed E-state index contributed by atoms with van der Waals surface area (Å²) in [6, 6.07) is 14.2. The molecule has 0 saturated carbocycles. The summed E-state index contributed by atoms with van der Waals surface area (Å²) in [4.78, 5) is 16.8. The van der Waals surface area contributed by atoms with E-state index in [9.17, 15) is 4.79 Å². The van der Waals surface area contributed by atoms with Crippen molar-refractivity contribution in [2.45, 2.75) is 0 Å². The molecule has 0 spiro atoms. The summed E-state index contributed by atoms with van der Waals surface area (Å²) < 4.78 is 5.21. The van der Waals surface area contributed by atoms with Crippen molar-refractivity contribution in [3.63, 3.8) is 0 Å². The zero-order valence-corrected chi connectivity index (χ0v) is 12.6. The molecule has 1 aromatic heterocycles. The van der Waals surface area contributed by atoms with Crippen LogP contribution >= 0.6 is 11.6 Å². The van der Waals surface area contributed by atoms with Gasteiger partial charge in [0.1, 0.15) is 5.75 Å². The van der Waals surface area contributed by atoms with Crippen LogP contribution in [0.25, 0.3) is 10.9 Å². The Morgan fingerprint density at radius 1 is 1.18 bits per heavy atom. The molecule has 22 heavy (non-hydrogen) atoms. The number of carbonyl (C=O) groups is 1. The van der Waals surface area contributed by atoms with Gasteiger partial charge in [0.2, 0.25) is 0 Å². The predicted octanol–water partition coefficient (Wildman–Crippen LogP) is 4.15. The van der Waals surface area contributed by atoms with Gasteiger partial charge >= 0.3 is 0 Å². The van der Waals surface area contributed by atoms with Gasteiger partial charge in [-0.2, -0.15) is 0 Å². The average molecular weight is 313 g/mol. The molecule has 0 radical (unpaired) electrons. The first kappa shape index (κ1) is 14.4. The first-order chi connectivity index (χ1) is 10.7. The molecule has 110 valence electrons. The Kier molecular flexibility index (Phi) is 3.94. The smallest absolute Gasteiger partial charge is 0.259 e. The molecule has 0 bridgehead atoms. The molecule has 4 nitrogen and oxygen atoms in total. The van der Waals surface area contributed by atoms with Crippen LogP contribution in [0.4, 0.5) is 5.69 Å². The highest BCUT2D eigenvalue weighted by molar-refractivity contribution is 6.31. The minimum absolute atomic E-state index is 0.282. The van der Waals surface area contributed by atoms with Crippen LogP contribution in [0.5, 0.6) is 5.75 Å². The summed E-state index contributed by atoms with van der Waals surface area (Å²) in [5, 5.41) is 4.24. The third kappa shape index (κ3) is 2.73. The zero-order valence-electron chi connectivity index (χ0n) is 11.8. The van der Waals surface area contributed by atoms with Gasteiger partial charge in [0.15, 0.2) is 0 Å². The Morgan fingerprint density at radius 3 is 2.86 bits per heavy atom. The van der Waals surface area contributed by atoms with Crippen molar-refractivity contribution in [1.29, 1.82) is 0 Å². The second-order valence-electron chi connectivity index (χ2n) is 4.67. The molecule has 3 rings (SSSR count). The van der Waals surface area contributed by atoms with E-state index >= 15 is 0 Å². The Balaban J connectivity index is 1.99. The molecule has 3 aromatic rings. The fourth-order valence-corrected chi connectivity index (χ4v) is 2.43. The van der Waals surface area contributed by atoms with Crippen molar-refractivity contribution in [3.8, 4) is 5.75 Å². The molecular formula is C17H13ClN2O2. The van der Waals surface area contributed by atoms with Gasteiger partial charge in [-0.05, 0) is 42.5 Å². The van der Waals surface area contributed by atoms with Crippen molar-refractivity contribution in [2.24, 2.45) is 0 Å². The maximum Gasteiger partial charge on any atom is 0.259 e. The fraction of sp³-hybridized carbons (Fsp3) is 0.0588. The number of pyridine rings is 1. The van der Waals surface area contributed by atoms with Crippen LogP contribution in [-0.2, 0) is 0 Å². The van der Waals surface area contributed by atoms with E-state index in [0.29, 0.717) is 22.0 Å². The van der Waals surface area contributed by atoms with Crippen LogP contribution in [0.15, 0.2) is 54.7 Å². The number of hydrogen-bond donors (Lipinski definition) is 1. The highest BCUT2D eigenvalue weighted by Crippen LogP contribution is 2.26. The molecule has 1 heterocycles. The molecule has 2 aromatic carbocycles. The SMILES string of the molecule is COc1ccc(Cl)cc1C(=O)Nc1cccc2ncccc12. The van der Waals surface area contributed by atoms with Crippen LogP contribution in [0.1, 0.15) is 10.4 Å². The van der Waals surface area contributed by atoms with Crippen molar-refractivity contribution < 1.29 is 9.53 Å². The summed E-state index contributed by atoms with van der Waals surface area (Å²) in [6.07, 6.45) is 1.72. The van der Waals surface area contributed by atoms with Gasteiger partial charge in [-0.15, -0.1) is 0 Å².